The minimum absolute atomic E-state index is 0.0152. The number of esters is 2. The number of anilines is 2. The molecule has 0 spiro atoms. The number of ether oxygens (including phenoxy) is 2. The van der Waals surface area contributed by atoms with Crippen LogP contribution in [0.3, 0.4) is 0 Å². The third kappa shape index (κ3) is 6.65. The van der Waals surface area contributed by atoms with Gasteiger partial charge in [0.15, 0.2) is 0 Å². The Morgan fingerprint density at radius 2 is 1.61 bits per heavy atom. The molecule has 1 N–H and O–H groups in total. The van der Waals surface area contributed by atoms with Gasteiger partial charge in [0, 0.05) is 31.0 Å². The standard InChI is InChI=1S/C22H26N2O6S/c1-4-29-21(27)16-14-31-20(19(16)22(28)30-5-2)23-17(25)12-9-13-18(26)24(3)15-10-7-6-8-11-15/h6-8,10-11,14H,4-5,9,12-13H2,1-3H3,(H,23,25). The first-order chi connectivity index (χ1) is 14.9. The quantitative estimate of drug-likeness (QED) is 0.556. The molecule has 0 bridgehead atoms. The Hall–Kier alpha value is -3.20. The highest BCUT2D eigenvalue weighted by atomic mass is 32.1. The molecular formula is C22H26N2O6S. The fourth-order valence-corrected chi connectivity index (χ4v) is 3.70. The first-order valence-electron chi connectivity index (χ1n) is 9.96. The number of carbonyl (C=O) groups excluding carboxylic acids is 4. The molecule has 2 aromatic rings. The van der Waals surface area contributed by atoms with Crippen LogP contribution in [0, 0.1) is 0 Å². The first kappa shape index (κ1) is 24.1. The molecule has 1 aromatic heterocycles. The average molecular weight is 447 g/mol. The molecule has 1 heterocycles. The molecule has 2 rings (SSSR count). The molecule has 166 valence electrons. The van der Waals surface area contributed by atoms with E-state index in [1.54, 1.807) is 25.8 Å². The van der Waals surface area contributed by atoms with Gasteiger partial charge in [-0.25, -0.2) is 9.59 Å². The summed E-state index contributed by atoms with van der Waals surface area (Å²) in [6, 6.07) is 9.23. The zero-order valence-corrected chi connectivity index (χ0v) is 18.6. The van der Waals surface area contributed by atoms with Gasteiger partial charge in [-0.1, -0.05) is 18.2 Å². The Kier molecular flexibility index (Phi) is 9.20. The molecule has 31 heavy (non-hydrogen) atoms. The van der Waals surface area contributed by atoms with Gasteiger partial charge in [0.2, 0.25) is 11.8 Å². The molecule has 0 unspecified atom stereocenters. The van der Waals surface area contributed by atoms with E-state index < -0.39 is 11.9 Å². The van der Waals surface area contributed by atoms with Gasteiger partial charge in [-0.2, -0.15) is 0 Å². The van der Waals surface area contributed by atoms with Crippen molar-refractivity contribution in [2.75, 3.05) is 30.5 Å². The summed E-state index contributed by atoms with van der Waals surface area (Å²) in [5, 5.41) is 4.33. The molecule has 8 nitrogen and oxygen atoms in total. The summed E-state index contributed by atoms with van der Waals surface area (Å²) in [5.74, 6) is -1.83. The lowest BCUT2D eigenvalue weighted by atomic mass is 10.1. The van der Waals surface area contributed by atoms with Crippen molar-refractivity contribution in [3.63, 3.8) is 0 Å². The summed E-state index contributed by atoms with van der Waals surface area (Å²) in [5.41, 5.74) is 0.819. The maximum atomic E-state index is 12.4. The van der Waals surface area contributed by atoms with E-state index in [2.05, 4.69) is 5.32 Å². The van der Waals surface area contributed by atoms with E-state index >= 15 is 0 Å². The minimum Gasteiger partial charge on any atom is -0.462 e. The minimum atomic E-state index is -0.707. The van der Waals surface area contributed by atoms with Crippen LogP contribution in [0.15, 0.2) is 35.7 Å². The SMILES string of the molecule is CCOC(=O)c1csc(NC(=O)CCCC(=O)N(C)c2ccccc2)c1C(=O)OCC. The second kappa shape index (κ2) is 11.8. The number of thiophene rings is 1. The van der Waals surface area contributed by atoms with Crippen molar-refractivity contribution < 1.29 is 28.7 Å². The molecular weight excluding hydrogens is 420 g/mol. The van der Waals surface area contributed by atoms with Gasteiger partial charge >= 0.3 is 11.9 Å². The lowest BCUT2D eigenvalue weighted by molar-refractivity contribution is -0.118. The molecule has 0 aliphatic rings. The zero-order chi connectivity index (χ0) is 22.8. The van der Waals surface area contributed by atoms with Crippen molar-refractivity contribution >= 4 is 45.8 Å². The summed E-state index contributed by atoms with van der Waals surface area (Å²) in [6.45, 7) is 3.59. The largest absolute Gasteiger partial charge is 0.462 e. The monoisotopic (exact) mass is 446 g/mol. The summed E-state index contributed by atoms with van der Waals surface area (Å²) in [7, 11) is 1.69. The van der Waals surface area contributed by atoms with Crippen molar-refractivity contribution in [1.82, 2.24) is 0 Å². The van der Waals surface area contributed by atoms with Crippen LogP contribution in [0.2, 0.25) is 0 Å². The second-order valence-corrected chi connectivity index (χ2v) is 7.36. The van der Waals surface area contributed by atoms with Gasteiger partial charge < -0.3 is 19.7 Å². The summed E-state index contributed by atoms with van der Waals surface area (Å²) in [6.07, 6.45) is 0.623. The van der Waals surface area contributed by atoms with Crippen LogP contribution in [0.5, 0.6) is 0 Å². The first-order valence-corrected chi connectivity index (χ1v) is 10.8. The predicted molar refractivity (Wildman–Crippen MR) is 119 cm³/mol. The lowest BCUT2D eigenvalue weighted by Crippen LogP contribution is -2.26. The van der Waals surface area contributed by atoms with E-state index in [1.165, 1.54) is 5.38 Å². The smallest absolute Gasteiger partial charge is 0.342 e. The van der Waals surface area contributed by atoms with Crippen LogP contribution in [0.25, 0.3) is 0 Å². The maximum Gasteiger partial charge on any atom is 0.342 e. The van der Waals surface area contributed by atoms with Crippen LogP contribution >= 0.6 is 11.3 Å². The molecule has 0 fully saturated rings. The second-order valence-electron chi connectivity index (χ2n) is 6.48. The third-order valence-electron chi connectivity index (χ3n) is 4.33. The molecule has 2 amide bonds. The highest BCUT2D eigenvalue weighted by molar-refractivity contribution is 7.15. The molecule has 0 saturated carbocycles. The number of hydrogen-bond donors (Lipinski definition) is 1. The molecule has 0 atom stereocenters. The highest BCUT2D eigenvalue weighted by Gasteiger charge is 2.26. The number of rotatable bonds is 10. The number of para-hydroxylation sites is 1. The number of nitrogens with zero attached hydrogens (tertiary/aromatic N) is 1. The fraction of sp³-hybridized carbons (Fsp3) is 0.364. The molecule has 0 saturated heterocycles. The van der Waals surface area contributed by atoms with Gasteiger partial charge in [-0.3, -0.25) is 9.59 Å². The Morgan fingerprint density at radius 1 is 0.968 bits per heavy atom. The Labute approximate surface area is 185 Å². The van der Waals surface area contributed by atoms with Crippen molar-refractivity contribution in [3.05, 3.63) is 46.8 Å². The predicted octanol–water partition coefficient (Wildman–Crippen LogP) is 3.87. The lowest BCUT2D eigenvalue weighted by Gasteiger charge is -2.17. The van der Waals surface area contributed by atoms with Gasteiger partial charge in [0.05, 0.1) is 18.8 Å². The number of carbonyl (C=O) groups is 4. The molecule has 0 radical (unpaired) electrons. The number of amides is 2. The van der Waals surface area contributed by atoms with Crippen LogP contribution in [0.4, 0.5) is 10.7 Å². The number of hydrogen-bond acceptors (Lipinski definition) is 7. The fourth-order valence-electron chi connectivity index (χ4n) is 2.77. The van der Waals surface area contributed by atoms with Crippen LogP contribution in [-0.4, -0.2) is 44.0 Å². The van der Waals surface area contributed by atoms with Crippen molar-refractivity contribution in [2.24, 2.45) is 0 Å². The topological polar surface area (TPSA) is 102 Å². The summed E-state index contributed by atoms with van der Waals surface area (Å²) < 4.78 is 9.99. The number of nitrogens with one attached hydrogen (secondary N) is 1. The van der Waals surface area contributed by atoms with E-state index in [4.69, 9.17) is 9.47 Å². The zero-order valence-electron chi connectivity index (χ0n) is 17.8. The summed E-state index contributed by atoms with van der Waals surface area (Å²) >= 11 is 1.05. The van der Waals surface area contributed by atoms with E-state index in [0.29, 0.717) is 6.42 Å². The van der Waals surface area contributed by atoms with E-state index in [1.807, 2.05) is 30.3 Å². The average Bonchev–Trinajstić information content (AvgIpc) is 3.17. The number of benzene rings is 1. The van der Waals surface area contributed by atoms with Crippen molar-refractivity contribution in [1.29, 1.82) is 0 Å². The van der Waals surface area contributed by atoms with Crippen molar-refractivity contribution in [3.8, 4) is 0 Å². The molecule has 0 aliphatic heterocycles. The van der Waals surface area contributed by atoms with Gasteiger partial charge in [0.1, 0.15) is 10.6 Å². The highest BCUT2D eigenvalue weighted by Crippen LogP contribution is 2.30. The van der Waals surface area contributed by atoms with Gasteiger partial charge in [-0.15, -0.1) is 11.3 Å². The Balaban J connectivity index is 1.97. The van der Waals surface area contributed by atoms with Gasteiger partial charge in [-0.05, 0) is 32.4 Å². The maximum absolute atomic E-state index is 12.4. The van der Waals surface area contributed by atoms with Crippen LogP contribution in [0.1, 0.15) is 53.8 Å². The molecule has 0 aliphatic carbocycles. The molecule has 9 heteroatoms. The van der Waals surface area contributed by atoms with Crippen molar-refractivity contribution in [2.45, 2.75) is 33.1 Å². The Bertz CT molecular complexity index is 925. The van der Waals surface area contributed by atoms with Crippen LogP contribution < -0.4 is 10.2 Å². The van der Waals surface area contributed by atoms with E-state index in [-0.39, 0.29) is 54.0 Å². The van der Waals surface area contributed by atoms with Crippen LogP contribution in [-0.2, 0) is 19.1 Å². The molecule has 1 aromatic carbocycles. The third-order valence-corrected chi connectivity index (χ3v) is 5.23. The normalized spacial score (nSPS) is 10.3. The van der Waals surface area contributed by atoms with E-state index in [9.17, 15) is 19.2 Å². The van der Waals surface area contributed by atoms with E-state index in [0.717, 1.165) is 17.0 Å². The van der Waals surface area contributed by atoms with Gasteiger partial charge in [0.25, 0.3) is 0 Å². The Morgan fingerprint density at radius 3 is 2.26 bits per heavy atom. The summed E-state index contributed by atoms with van der Waals surface area (Å²) in [4.78, 5) is 50.7.